The van der Waals surface area contributed by atoms with E-state index in [1.807, 2.05) is 6.92 Å². The molecular formula is C12H14F3NO. The van der Waals surface area contributed by atoms with Crippen LogP contribution in [0.5, 0.6) is 0 Å². The predicted molar refractivity (Wildman–Crippen MR) is 58.3 cm³/mol. The Bertz CT molecular complexity index is 382. The molecule has 1 saturated heterocycles. The summed E-state index contributed by atoms with van der Waals surface area (Å²) in [6, 6.07) is 1.96. The van der Waals surface area contributed by atoms with Gasteiger partial charge >= 0.3 is 0 Å². The van der Waals surface area contributed by atoms with Gasteiger partial charge in [0.25, 0.3) is 0 Å². The zero-order valence-electron chi connectivity index (χ0n) is 9.47. The fourth-order valence-corrected chi connectivity index (χ4v) is 1.97. The monoisotopic (exact) mass is 245 g/mol. The van der Waals surface area contributed by atoms with Gasteiger partial charge in [-0.15, -0.1) is 0 Å². The maximum atomic E-state index is 13.0. The predicted octanol–water partition coefficient (Wildman–Crippen LogP) is 2.94. The van der Waals surface area contributed by atoms with Gasteiger partial charge in [-0.05, 0) is 13.3 Å². The summed E-state index contributed by atoms with van der Waals surface area (Å²) in [5.74, 6) is -3.48. The zero-order valence-corrected chi connectivity index (χ0v) is 9.47. The number of anilines is 1. The Morgan fingerprint density at radius 1 is 1.29 bits per heavy atom. The Balaban J connectivity index is 2.07. The lowest BCUT2D eigenvalue weighted by Crippen LogP contribution is -2.26. The molecule has 0 spiro atoms. The van der Waals surface area contributed by atoms with Crippen LogP contribution in [0.25, 0.3) is 0 Å². The summed E-state index contributed by atoms with van der Waals surface area (Å²) in [4.78, 5) is 0. The Morgan fingerprint density at radius 3 is 2.47 bits per heavy atom. The lowest BCUT2D eigenvalue weighted by Gasteiger charge is -2.20. The van der Waals surface area contributed by atoms with Crippen LogP contribution in [0, 0.1) is 23.4 Å². The molecule has 1 aromatic carbocycles. The molecule has 94 valence electrons. The van der Waals surface area contributed by atoms with Gasteiger partial charge in [0, 0.05) is 36.4 Å². The van der Waals surface area contributed by atoms with Crippen LogP contribution in [0.2, 0.25) is 0 Å². The van der Waals surface area contributed by atoms with Crippen molar-refractivity contribution in [3.63, 3.8) is 0 Å². The van der Waals surface area contributed by atoms with Gasteiger partial charge in [-0.1, -0.05) is 0 Å². The molecule has 1 aromatic rings. The number of hydrogen-bond donors (Lipinski definition) is 1. The molecule has 0 aromatic heterocycles. The Labute approximate surface area is 97.8 Å². The number of halogens is 3. The second-order valence-corrected chi connectivity index (χ2v) is 4.31. The van der Waals surface area contributed by atoms with E-state index in [9.17, 15) is 13.2 Å². The highest BCUT2D eigenvalue weighted by Gasteiger charge is 2.22. The zero-order chi connectivity index (χ0) is 12.4. The number of ether oxygens (including phenoxy) is 1. The van der Waals surface area contributed by atoms with Crippen LogP contribution in [-0.4, -0.2) is 19.3 Å². The minimum atomic E-state index is -1.44. The van der Waals surface area contributed by atoms with E-state index in [0.717, 1.165) is 18.6 Å². The second kappa shape index (κ2) is 4.96. The third-order valence-corrected chi connectivity index (χ3v) is 3.05. The van der Waals surface area contributed by atoms with Crippen LogP contribution in [0.1, 0.15) is 13.3 Å². The van der Waals surface area contributed by atoms with Crippen molar-refractivity contribution in [1.82, 2.24) is 0 Å². The van der Waals surface area contributed by atoms with Crippen molar-refractivity contribution in [1.29, 1.82) is 0 Å². The van der Waals surface area contributed by atoms with Gasteiger partial charge in [-0.3, -0.25) is 0 Å². The average molecular weight is 245 g/mol. The van der Waals surface area contributed by atoms with Crippen molar-refractivity contribution in [3.05, 3.63) is 29.6 Å². The van der Waals surface area contributed by atoms with E-state index in [1.165, 1.54) is 0 Å². The molecule has 0 saturated carbocycles. The van der Waals surface area contributed by atoms with Crippen LogP contribution in [-0.2, 0) is 4.74 Å². The summed E-state index contributed by atoms with van der Waals surface area (Å²) in [5, 5.41) is 2.97. The molecular weight excluding hydrogens is 231 g/mol. The third kappa shape index (κ3) is 2.72. The highest BCUT2D eigenvalue weighted by Crippen LogP contribution is 2.22. The van der Waals surface area contributed by atoms with Crippen LogP contribution < -0.4 is 5.32 Å². The van der Waals surface area contributed by atoms with E-state index in [1.54, 1.807) is 0 Å². The molecule has 2 nitrogen and oxygen atoms in total. The maximum Gasteiger partial charge on any atom is 0.194 e. The summed E-state index contributed by atoms with van der Waals surface area (Å²) in [6.45, 7) is 3.27. The van der Waals surface area contributed by atoms with Crippen molar-refractivity contribution in [2.75, 3.05) is 18.5 Å². The van der Waals surface area contributed by atoms with E-state index in [-0.39, 0.29) is 11.7 Å². The largest absolute Gasteiger partial charge is 0.382 e. The molecule has 0 aliphatic carbocycles. The van der Waals surface area contributed by atoms with Crippen molar-refractivity contribution < 1.29 is 17.9 Å². The number of nitrogens with one attached hydrogen (secondary N) is 1. The van der Waals surface area contributed by atoms with Crippen LogP contribution in [0.4, 0.5) is 18.9 Å². The first kappa shape index (κ1) is 12.2. The van der Waals surface area contributed by atoms with Crippen LogP contribution in [0.3, 0.4) is 0 Å². The molecule has 2 atom stereocenters. The lowest BCUT2D eigenvalue weighted by atomic mass is 10.0. The van der Waals surface area contributed by atoms with Crippen LogP contribution in [0.15, 0.2) is 12.1 Å². The Hall–Kier alpha value is -1.23. The van der Waals surface area contributed by atoms with Gasteiger partial charge in [-0.25, -0.2) is 13.2 Å². The number of hydrogen-bond acceptors (Lipinski definition) is 2. The fraction of sp³-hybridized carbons (Fsp3) is 0.500. The fourth-order valence-electron chi connectivity index (χ4n) is 1.97. The summed E-state index contributed by atoms with van der Waals surface area (Å²) < 4.78 is 44.0. The van der Waals surface area contributed by atoms with Crippen molar-refractivity contribution in [3.8, 4) is 0 Å². The molecule has 1 aliphatic heterocycles. The van der Waals surface area contributed by atoms with E-state index in [4.69, 9.17) is 4.74 Å². The molecule has 0 bridgehead atoms. The summed E-state index contributed by atoms with van der Waals surface area (Å²) in [5.41, 5.74) is 0.251. The Kier molecular flexibility index (Phi) is 3.57. The molecule has 5 heteroatoms. The maximum absolute atomic E-state index is 13.0. The van der Waals surface area contributed by atoms with Gasteiger partial charge in [-0.2, -0.15) is 0 Å². The molecule has 1 fully saturated rings. The molecule has 1 aliphatic rings. The van der Waals surface area contributed by atoms with Crippen molar-refractivity contribution >= 4 is 5.69 Å². The minimum Gasteiger partial charge on any atom is -0.382 e. The first-order valence-electron chi connectivity index (χ1n) is 5.56. The minimum absolute atomic E-state index is 0.0294. The summed E-state index contributed by atoms with van der Waals surface area (Å²) >= 11 is 0. The van der Waals surface area contributed by atoms with E-state index in [2.05, 4.69) is 5.32 Å². The lowest BCUT2D eigenvalue weighted by molar-refractivity contribution is 0.183. The quantitative estimate of drug-likeness (QED) is 0.827. The molecule has 0 radical (unpaired) electrons. The molecule has 1 heterocycles. The Morgan fingerprint density at radius 2 is 1.94 bits per heavy atom. The highest BCUT2D eigenvalue weighted by molar-refractivity contribution is 5.45. The van der Waals surface area contributed by atoms with Gasteiger partial charge in [0.1, 0.15) is 0 Å². The first-order chi connectivity index (χ1) is 8.08. The van der Waals surface area contributed by atoms with E-state index < -0.39 is 17.5 Å². The van der Waals surface area contributed by atoms with E-state index >= 15 is 0 Å². The number of rotatable bonds is 3. The normalized spacial score (nSPS) is 21.5. The highest BCUT2D eigenvalue weighted by atomic mass is 19.2. The third-order valence-electron chi connectivity index (χ3n) is 3.05. The molecule has 17 heavy (non-hydrogen) atoms. The molecule has 2 unspecified atom stereocenters. The summed E-state index contributed by atoms with van der Waals surface area (Å²) in [6.07, 6.45) is 0.917. The van der Waals surface area contributed by atoms with Gasteiger partial charge in [0.05, 0.1) is 6.61 Å². The second-order valence-electron chi connectivity index (χ2n) is 4.31. The number of benzene rings is 1. The van der Waals surface area contributed by atoms with Crippen LogP contribution >= 0.6 is 0 Å². The van der Waals surface area contributed by atoms with Crippen molar-refractivity contribution in [2.24, 2.45) is 5.92 Å². The van der Waals surface area contributed by atoms with E-state index in [0.29, 0.717) is 19.1 Å². The SMILES string of the molecule is CC(Nc1cc(F)c(F)c(F)c1)C1CCOC1. The molecule has 1 N–H and O–H groups in total. The van der Waals surface area contributed by atoms with Crippen molar-refractivity contribution in [2.45, 2.75) is 19.4 Å². The smallest absolute Gasteiger partial charge is 0.194 e. The topological polar surface area (TPSA) is 21.3 Å². The van der Waals surface area contributed by atoms with Gasteiger partial charge < -0.3 is 10.1 Å². The first-order valence-corrected chi connectivity index (χ1v) is 5.56. The van der Waals surface area contributed by atoms with Gasteiger partial charge in [0.2, 0.25) is 0 Å². The van der Waals surface area contributed by atoms with Gasteiger partial charge in [0.15, 0.2) is 17.5 Å². The standard InChI is InChI=1S/C12H14F3NO/c1-7(8-2-3-17-6-8)16-9-4-10(13)12(15)11(14)5-9/h4-5,7-8,16H,2-3,6H2,1H3. The molecule has 2 rings (SSSR count). The summed E-state index contributed by atoms with van der Waals surface area (Å²) in [7, 11) is 0. The molecule has 0 amide bonds. The average Bonchev–Trinajstić information content (AvgIpc) is 2.79.